The highest BCUT2D eigenvalue weighted by molar-refractivity contribution is 5.66. The summed E-state index contributed by atoms with van der Waals surface area (Å²) in [4.78, 5) is 10.4. The molecule has 1 atom stereocenters. The van der Waals surface area contributed by atoms with E-state index in [2.05, 4.69) is 12.2 Å². The van der Waals surface area contributed by atoms with Crippen molar-refractivity contribution in [2.24, 2.45) is 5.92 Å². The average Bonchev–Trinajstić information content (AvgIpc) is 2.42. The number of ether oxygens (including phenoxy) is 3. The van der Waals surface area contributed by atoms with Crippen LogP contribution in [0.1, 0.15) is 26.2 Å². The number of methoxy groups -OCH3 is 1. The van der Waals surface area contributed by atoms with Crippen molar-refractivity contribution in [2.75, 3.05) is 53.2 Å². The van der Waals surface area contributed by atoms with Crippen molar-refractivity contribution < 1.29 is 24.1 Å². The topological polar surface area (TPSA) is 77.0 Å². The van der Waals surface area contributed by atoms with Crippen LogP contribution >= 0.6 is 0 Å². The van der Waals surface area contributed by atoms with Gasteiger partial charge in [-0.3, -0.25) is 4.79 Å². The summed E-state index contributed by atoms with van der Waals surface area (Å²) in [6, 6.07) is 0. The van der Waals surface area contributed by atoms with E-state index in [0.717, 1.165) is 25.9 Å². The smallest absolute Gasteiger partial charge is 0.303 e. The minimum Gasteiger partial charge on any atom is -0.481 e. The van der Waals surface area contributed by atoms with E-state index in [9.17, 15) is 4.79 Å². The maximum Gasteiger partial charge on any atom is 0.303 e. The van der Waals surface area contributed by atoms with Crippen molar-refractivity contribution in [3.05, 3.63) is 0 Å². The maximum atomic E-state index is 10.4. The van der Waals surface area contributed by atoms with Crippen molar-refractivity contribution >= 4 is 5.97 Å². The Kier molecular flexibility index (Phi) is 14.2. The van der Waals surface area contributed by atoms with Gasteiger partial charge in [-0.05, 0) is 25.3 Å². The van der Waals surface area contributed by atoms with Crippen molar-refractivity contribution in [3.63, 3.8) is 0 Å². The fourth-order valence-electron chi connectivity index (χ4n) is 1.60. The van der Waals surface area contributed by atoms with Crippen LogP contribution in [0, 0.1) is 5.92 Å². The van der Waals surface area contributed by atoms with Gasteiger partial charge in [0.1, 0.15) is 0 Å². The highest BCUT2D eigenvalue weighted by Crippen LogP contribution is 2.08. The Bertz CT molecular complexity index is 226. The molecule has 0 heterocycles. The monoisotopic (exact) mass is 291 g/mol. The summed E-state index contributed by atoms with van der Waals surface area (Å²) in [6.07, 6.45) is 1.99. The van der Waals surface area contributed by atoms with E-state index < -0.39 is 5.97 Å². The maximum absolute atomic E-state index is 10.4. The van der Waals surface area contributed by atoms with E-state index in [1.165, 1.54) is 0 Å². The summed E-state index contributed by atoms with van der Waals surface area (Å²) in [5.74, 6) is -0.278. The first-order chi connectivity index (χ1) is 9.66. The number of hydrogen-bond acceptors (Lipinski definition) is 5. The molecule has 0 radical (unpaired) electrons. The first-order valence-corrected chi connectivity index (χ1v) is 7.23. The summed E-state index contributed by atoms with van der Waals surface area (Å²) >= 11 is 0. The molecule has 120 valence electrons. The molecule has 0 aliphatic heterocycles. The Balaban J connectivity index is 3.10. The minimum atomic E-state index is -0.717. The SMILES string of the molecule is COCCOCCOCCNCCC(C)CCC(=O)O. The molecule has 0 amide bonds. The van der Waals surface area contributed by atoms with Gasteiger partial charge in [-0.25, -0.2) is 0 Å². The third kappa shape index (κ3) is 15.4. The lowest BCUT2D eigenvalue weighted by atomic mass is 10.0. The van der Waals surface area contributed by atoms with Crippen LogP contribution < -0.4 is 5.32 Å². The first kappa shape index (κ1) is 19.3. The Labute approximate surface area is 121 Å². The molecular weight excluding hydrogens is 262 g/mol. The number of carbonyl (C=O) groups is 1. The minimum absolute atomic E-state index is 0.257. The molecule has 6 heteroatoms. The summed E-state index contributed by atoms with van der Waals surface area (Å²) < 4.78 is 15.5. The van der Waals surface area contributed by atoms with Gasteiger partial charge in [-0.2, -0.15) is 0 Å². The van der Waals surface area contributed by atoms with Crippen molar-refractivity contribution in [1.29, 1.82) is 0 Å². The summed E-state index contributed by atoms with van der Waals surface area (Å²) in [5.41, 5.74) is 0. The molecule has 0 fully saturated rings. The first-order valence-electron chi connectivity index (χ1n) is 7.23. The van der Waals surface area contributed by atoms with Crippen LogP contribution in [-0.2, 0) is 19.0 Å². The lowest BCUT2D eigenvalue weighted by molar-refractivity contribution is -0.137. The van der Waals surface area contributed by atoms with Crippen LogP contribution in [0.25, 0.3) is 0 Å². The quantitative estimate of drug-likeness (QED) is 0.441. The van der Waals surface area contributed by atoms with Gasteiger partial charge in [0.25, 0.3) is 0 Å². The Morgan fingerprint density at radius 2 is 1.70 bits per heavy atom. The van der Waals surface area contributed by atoms with Crippen LogP contribution in [0.5, 0.6) is 0 Å². The lowest BCUT2D eigenvalue weighted by Crippen LogP contribution is -2.23. The summed E-state index contributed by atoms with van der Waals surface area (Å²) in [5, 5.41) is 11.9. The molecule has 0 rings (SSSR count). The fraction of sp³-hybridized carbons (Fsp3) is 0.929. The Hall–Kier alpha value is -0.690. The molecule has 1 unspecified atom stereocenters. The fourth-order valence-corrected chi connectivity index (χ4v) is 1.60. The van der Waals surface area contributed by atoms with Gasteiger partial charge < -0.3 is 24.6 Å². The molecule has 0 aliphatic rings. The van der Waals surface area contributed by atoms with Crippen LogP contribution in [0.2, 0.25) is 0 Å². The number of nitrogens with one attached hydrogen (secondary N) is 1. The lowest BCUT2D eigenvalue weighted by Gasteiger charge is -2.11. The van der Waals surface area contributed by atoms with Gasteiger partial charge in [-0.15, -0.1) is 0 Å². The van der Waals surface area contributed by atoms with E-state index in [-0.39, 0.29) is 6.42 Å². The Morgan fingerprint density at radius 3 is 2.35 bits per heavy atom. The highest BCUT2D eigenvalue weighted by Gasteiger charge is 2.04. The van der Waals surface area contributed by atoms with Crippen LogP contribution in [-0.4, -0.2) is 64.3 Å². The molecule has 0 bridgehead atoms. The van der Waals surface area contributed by atoms with Gasteiger partial charge in [0.2, 0.25) is 0 Å². The van der Waals surface area contributed by atoms with Crippen LogP contribution in [0.4, 0.5) is 0 Å². The molecule has 0 aliphatic carbocycles. The van der Waals surface area contributed by atoms with Gasteiger partial charge >= 0.3 is 5.97 Å². The number of carboxylic acids is 1. The largest absolute Gasteiger partial charge is 0.481 e. The zero-order chi connectivity index (χ0) is 15.1. The number of rotatable bonds is 15. The predicted molar refractivity (Wildman–Crippen MR) is 77.0 cm³/mol. The molecule has 2 N–H and O–H groups in total. The molecular formula is C14H29NO5. The highest BCUT2D eigenvalue weighted by atomic mass is 16.5. The second-order valence-electron chi connectivity index (χ2n) is 4.79. The number of aliphatic carboxylic acids is 1. The Morgan fingerprint density at radius 1 is 1.05 bits per heavy atom. The molecule has 0 saturated heterocycles. The van der Waals surface area contributed by atoms with Crippen molar-refractivity contribution in [1.82, 2.24) is 5.32 Å². The van der Waals surface area contributed by atoms with Gasteiger partial charge in [0.15, 0.2) is 0 Å². The molecule has 0 saturated carbocycles. The average molecular weight is 291 g/mol. The van der Waals surface area contributed by atoms with Gasteiger partial charge in [0.05, 0.1) is 33.0 Å². The van der Waals surface area contributed by atoms with Crippen molar-refractivity contribution in [2.45, 2.75) is 26.2 Å². The third-order valence-electron chi connectivity index (χ3n) is 2.89. The van der Waals surface area contributed by atoms with Crippen LogP contribution in [0.3, 0.4) is 0 Å². The molecule has 20 heavy (non-hydrogen) atoms. The molecule has 0 aromatic heterocycles. The molecule has 6 nitrogen and oxygen atoms in total. The van der Waals surface area contributed by atoms with Gasteiger partial charge in [-0.1, -0.05) is 6.92 Å². The standard InChI is InChI=1S/C14H29NO5/c1-13(3-4-14(16)17)5-6-15-7-8-19-11-12-20-10-9-18-2/h13,15H,3-12H2,1-2H3,(H,16,17). The normalized spacial score (nSPS) is 12.5. The van der Waals surface area contributed by atoms with Crippen LogP contribution in [0.15, 0.2) is 0 Å². The van der Waals surface area contributed by atoms with E-state index in [4.69, 9.17) is 19.3 Å². The van der Waals surface area contributed by atoms with Gasteiger partial charge in [0, 0.05) is 20.1 Å². The number of hydrogen-bond donors (Lipinski definition) is 2. The zero-order valence-electron chi connectivity index (χ0n) is 12.7. The number of carboxylic acid groups (broad SMARTS) is 1. The van der Waals surface area contributed by atoms with E-state index >= 15 is 0 Å². The molecule has 0 spiro atoms. The van der Waals surface area contributed by atoms with Crippen molar-refractivity contribution in [3.8, 4) is 0 Å². The molecule has 0 aromatic rings. The third-order valence-corrected chi connectivity index (χ3v) is 2.89. The second-order valence-corrected chi connectivity index (χ2v) is 4.79. The predicted octanol–water partition coefficient (Wildman–Crippen LogP) is 1.15. The van der Waals surface area contributed by atoms with E-state index in [0.29, 0.717) is 39.0 Å². The summed E-state index contributed by atoms with van der Waals surface area (Å²) in [7, 11) is 1.65. The second kappa shape index (κ2) is 14.7. The van der Waals surface area contributed by atoms with E-state index in [1.54, 1.807) is 7.11 Å². The molecule has 0 aromatic carbocycles. The summed E-state index contributed by atoms with van der Waals surface area (Å²) in [6.45, 7) is 6.86. The van der Waals surface area contributed by atoms with E-state index in [1.807, 2.05) is 0 Å². The zero-order valence-corrected chi connectivity index (χ0v) is 12.7.